The SMILES string of the molecule is CNC(=O)C1CCCN1CC(Cl)C#N. The number of carbonyl (C=O) groups is 1. The zero-order valence-corrected chi connectivity index (χ0v) is 8.92. The topological polar surface area (TPSA) is 56.1 Å². The molecule has 0 aromatic carbocycles. The lowest BCUT2D eigenvalue weighted by molar-refractivity contribution is -0.124. The van der Waals surface area contributed by atoms with Crippen LogP contribution in [0.1, 0.15) is 12.8 Å². The van der Waals surface area contributed by atoms with E-state index in [0.29, 0.717) is 6.54 Å². The lowest BCUT2D eigenvalue weighted by atomic mass is 10.2. The minimum atomic E-state index is -0.528. The predicted molar refractivity (Wildman–Crippen MR) is 53.9 cm³/mol. The van der Waals surface area contributed by atoms with E-state index in [1.54, 1.807) is 7.05 Å². The van der Waals surface area contributed by atoms with Gasteiger partial charge in [0.1, 0.15) is 5.38 Å². The van der Waals surface area contributed by atoms with E-state index < -0.39 is 5.38 Å². The van der Waals surface area contributed by atoms with Gasteiger partial charge in [-0.15, -0.1) is 11.6 Å². The molecule has 1 amide bonds. The van der Waals surface area contributed by atoms with Gasteiger partial charge in [0.15, 0.2) is 0 Å². The highest BCUT2D eigenvalue weighted by Crippen LogP contribution is 2.18. The molecule has 1 rings (SSSR count). The van der Waals surface area contributed by atoms with E-state index >= 15 is 0 Å². The molecule has 0 saturated carbocycles. The Morgan fingerprint density at radius 3 is 3.14 bits per heavy atom. The van der Waals surface area contributed by atoms with Crippen molar-refractivity contribution in [3.63, 3.8) is 0 Å². The van der Waals surface area contributed by atoms with Gasteiger partial charge >= 0.3 is 0 Å². The van der Waals surface area contributed by atoms with Crippen molar-refractivity contribution >= 4 is 17.5 Å². The largest absolute Gasteiger partial charge is 0.358 e. The van der Waals surface area contributed by atoms with Crippen LogP contribution in [0.15, 0.2) is 0 Å². The van der Waals surface area contributed by atoms with Gasteiger partial charge in [-0.25, -0.2) is 0 Å². The number of halogens is 1. The first-order valence-corrected chi connectivity index (χ1v) is 5.12. The van der Waals surface area contributed by atoms with Gasteiger partial charge in [0.05, 0.1) is 12.1 Å². The van der Waals surface area contributed by atoms with Crippen LogP contribution in [0.3, 0.4) is 0 Å². The fourth-order valence-corrected chi connectivity index (χ4v) is 1.93. The van der Waals surface area contributed by atoms with Crippen molar-refractivity contribution in [1.29, 1.82) is 5.26 Å². The third-order valence-electron chi connectivity index (χ3n) is 2.45. The number of hydrogen-bond donors (Lipinski definition) is 1. The summed E-state index contributed by atoms with van der Waals surface area (Å²) in [7, 11) is 1.63. The zero-order chi connectivity index (χ0) is 10.6. The average molecular weight is 216 g/mol. The molecule has 1 aliphatic heterocycles. The molecule has 1 heterocycles. The first-order valence-electron chi connectivity index (χ1n) is 4.68. The van der Waals surface area contributed by atoms with Crippen LogP contribution < -0.4 is 5.32 Å². The normalized spacial score (nSPS) is 24.2. The molecule has 0 aliphatic carbocycles. The van der Waals surface area contributed by atoms with Crippen LogP contribution in [0, 0.1) is 11.3 Å². The molecule has 2 atom stereocenters. The molecule has 1 saturated heterocycles. The van der Waals surface area contributed by atoms with E-state index in [2.05, 4.69) is 5.32 Å². The molecule has 0 aromatic heterocycles. The van der Waals surface area contributed by atoms with Gasteiger partial charge in [-0.2, -0.15) is 5.26 Å². The fraction of sp³-hybridized carbons (Fsp3) is 0.778. The van der Waals surface area contributed by atoms with Crippen LogP contribution in [0.4, 0.5) is 0 Å². The van der Waals surface area contributed by atoms with Crippen molar-refractivity contribution in [3.05, 3.63) is 0 Å². The van der Waals surface area contributed by atoms with Crippen molar-refractivity contribution < 1.29 is 4.79 Å². The summed E-state index contributed by atoms with van der Waals surface area (Å²) in [5.41, 5.74) is 0. The molecule has 1 fully saturated rings. The summed E-state index contributed by atoms with van der Waals surface area (Å²) < 4.78 is 0. The Bertz CT molecular complexity index is 251. The summed E-state index contributed by atoms with van der Waals surface area (Å²) in [6.45, 7) is 1.32. The van der Waals surface area contributed by atoms with Gasteiger partial charge in [-0.1, -0.05) is 0 Å². The number of nitrogens with one attached hydrogen (secondary N) is 1. The highest BCUT2D eigenvalue weighted by molar-refractivity contribution is 6.22. The highest BCUT2D eigenvalue weighted by atomic mass is 35.5. The lowest BCUT2D eigenvalue weighted by Gasteiger charge is -2.22. The summed E-state index contributed by atoms with van der Waals surface area (Å²) in [6.07, 6.45) is 1.85. The molecule has 0 spiro atoms. The molecule has 0 aromatic rings. The fourth-order valence-electron chi connectivity index (χ4n) is 1.75. The molecule has 5 heteroatoms. The minimum absolute atomic E-state index is 0.0179. The number of likely N-dealkylation sites (N-methyl/N-ethyl adjacent to an activating group) is 1. The third-order valence-corrected chi connectivity index (χ3v) is 2.68. The number of nitriles is 1. The summed E-state index contributed by atoms with van der Waals surface area (Å²) >= 11 is 5.72. The number of alkyl halides is 1. The second-order valence-electron chi connectivity index (χ2n) is 3.36. The van der Waals surface area contributed by atoms with E-state index in [1.165, 1.54) is 0 Å². The Hall–Kier alpha value is -0.790. The first-order chi connectivity index (χ1) is 6.69. The summed E-state index contributed by atoms with van der Waals surface area (Å²) in [6, 6.07) is 1.86. The second kappa shape index (κ2) is 5.18. The minimum Gasteiger partial charge on any atom is -0.358 e. The molecule has 14 heavy (non-hydrogen) atoms. The predicted octanol–water partition coefficient (Wildman–Crippen LogP) is 0.328. The molecular formula is C9H14ClN3O. The number of hydrogen-bond acceptors (Lipinski definition) is 3. The van der Waals surface area contributed by atoms with Crippen molar-refractivity contribution in [2.75, 3.05) is 20.1 Å². The molecule has 2 unspecified atom stereocenters. The number of carbonyl (C=O) groups excluding carboxylic acids is 1. The summed E-state index contributed by atoms with van der Waals surface area (Å²) in [5.74, 6) is 0.0179. The standard InChI is InChI=1S/C9H14ClN3O/c1-12-9(14)8-3-2-4-13(8)6-7(10)5-11/h7-8H,2-4,6H2,1H3,(H,12,14). The van der Waals surface area contributed by atoms with Crippen LogP contribution in [-0.4, -0.2) is 42.4 Å². The van der Waals surface area contributed by atoms with Gasteiger partial charge < -0.3 is 5.32 Å². The Kier molecular flexibility index (Phi) is 4.18. The van der Waals surface area contributed by atoms with Crippen LogP contribution in [0.25, 0.3) is 0 Å². The molecule has 4 nitrogen and oxygen atoms in total. The molecule has 0 radical (unpaired) electrons. The summed E-state index contributed by atoms with van der Waals surface area (Å²) in [5, 5.41) is 10.7. The maximum absolute atomic E-state index is 11.4. The lowest BCUT2D eigenvalue weighted by Crippen LogP contribution is -2.43. The Labute approximate surface area is 88.8 Å². The molecule has 0 bridgehead atoms. The Balaban J connectivity index is 2.52. The van der Waals surface area contributed by atoms with Gasteiger partial charge in [0.2, 0.25) is 5.91 Å². The first kappa shape index (κ1) is 11.3. The van der Waals surface area contributed by atoms with Crippen molar-refractivity contribution in [3.8, 4) is 6.07 Å². The van der Waals surface area contributed by atoms with Gasteiger partial charge in [0.25, 0.3) is 0 Å². The van der Waals surface area contributed by atoms with Crippen LogP contribution in [0.5, 0.6) is 0 Å². The Morgan fingerprint density at radius 1 is 1.86 bits per heavy atom. The second-order valence-corrected chi connectivity index (χ2v) is 3.89. The monoisotopic (exact) mass is 215 g/mol. The van der Waals surface area contributed by atoms with Crippen molar-refractivity contribution in [1.82, 2.24) is 10.2 Å². The van der Waals surface area contributed by atoms with E-state index in [1.807, 2.05) is 11.0 Å². The Morgan fingerprint density at radius 2 is 2.57 bits per heavy atom. The van der Waals surface area contributed by atoms with Gasteiger partial charge in [-0.05, 0) is 19.4 Å². The number of nitrogens with zero attached hydrogens (tertiary/aromatic N) is 2. The number of amides is 1. The van der Waals surface area contributed by atoms with Crippen molar-refractivity contribution in [2.24, 2.45) is 0 Å². The maximum atomic E-state index is 11.4. The number of likely N-dealkylation sites (tertiary alicyclic amines) is 1. The quantitative estimate of drug-likeness (QED) is 0.691. The van der Waals surface area contributed by atoms with E-state index in [-0.39, 0.29) is 11.9 Å². The zero-order valence-electron chi connectivity index (χ0n) is 8.16. The molecule has 78 valence electrons. The average Bonchev–Trinajstić information content (AvgIpc) is 2.64. The maximum Gasteiger partial charge on any atom is 0.237 e. The highest BCUT2D eigenvalue weighted by Gasteiger charge is 2.30. The summed E-state index contributed by atoms with van der Waals surface area (Å²) in [4.78, 5) is 13.4. The third kappa shape index (κ3) is 2.60. The molecule has 1 N–H and O–H groups in total. The van der Waals surface area contributed by atoms with E-state index in [4.69, 9.17) is 16.9 Å². The van der Waals surface area contributed by atoms with Crippen molar-refractivity contribution in [2.45, 2.75) is 24.3 Å². The van der Waals surface area contributed by atoms with Crippen LogP contribution in [0.2, 0.25) is 0 Å². The van der Waals surface area contributed by atoms with Crippen LogP contribution in [-0.2, 0) is 4.79 Å². The van der Waals surface area contributed by atoms with E-state index in [0.717, 1.165) is 19.4 Å². The van der Waals surface area contributed by atoms with Crippen LogP contribution >= 0.6 is 11.6 Å². The molecule has 1 aliphatic rings. The number of rotatable bonds is 3. The molecular weight excluding hydrogens is 202 g/mol. The smallest absolute Gasteiger partial charge is 0.237 e. The van der Waals surface area contributed by atoms with Gasteiger partial charge in [-0.3, -0.25) is 9.69 Å². The van der Waals surface area contributed by atoms with E-state index in [9.17, 15) is 4.79 Å². The van der Waals surface area contributed by atoms with Gasteiger partial charge in [0, 0.05) is 13.6 Å².